The molecule has 1 aliphatic heterocycles. The molecule has 0 bridgehead atoms. The van der Waals surface area contributed by atoms with Crippen LogP contribution in [-0.4, -0.2) is 30.6 Å². The van der Waals surface area contributed by atoms with E-state index in [0.717, 1.165) is 23.4 Å². The van der Waals surface area contributed by atoms with E-state index < -0.39 is 0 Å². The van der Waals surface area contributed by atoms with E-state index in [9.17, 15) is 4.79 Å². The number of nitrogens with zero attached hydrogens (tertiary/aromatic N) is 1. The van der Waals surface area contributed by atoms with E-state index >= 15 is 0 Å². The molecule has 114 valence electrons. The second-order valence-electron chi connectivity index (χ2n) is 5.32. The van der Waals surface area contributed by atoms with Gasteiger partial charge in [0.25, 0.3) is 5.91 Å². The van der Waals surface area contributed by atoms with Crippen LogP contribution in [0.25, 0.3) is 0 Å². The van der Waals surface area contributed by atoms with Gasteiger partial charge in [0.2, 0.25) is 0 Å². The number of pyridine rings is 1. The summed E-state index contributed by atoms with van der Waals surface area (Å²) in [6, 6.07) is 9.56. The first-order valence-electron chi connectivity index (χ1n) is 7.19. The molecule has 0 saturated heterocycles. The van der Waals surface area contributed by atoms with Gasteiger partial charge in [-0.1, -0.05) is 18.2 Å². The maximum Gasteiger partial charge on any atom is 0.255 e. The van der Waals surface area contributed by atoms with E-state index in [-0.39, 0.29) is 11.9 Å². The standard InChI is InChI=1S/C17H18N2O3/c1-11-7-14(16(21-2)9-18-11)17(20)19-13-8-12-5-3-4-6-15(12)22-10-13/h3-7,9,13H,8,10H2,1-2H3,(H,19,20). The molecule has 1 unspecified atom stereocenters. The molecule has 2 aromatic rings. The van der Waals surface area contributed by atoms with E-state index in [1.165, 1.54) is 7.11 Å². The average molecular weight is 298 g/mol. The molecule has 5 nitrogen and oxygen atoms in total. The summed E-state index contributed by atoms with van der Waals surface area (Å²) in [5.74, 6) is 1.20. The summed E-state index contributed by atoms with van der Waals surface area (Å²) >= 11 is 0. The number of carbonyl (C=O) groups excluding carboxylic acids is 1. The maximum absolute atomic E-state index is 12.5. The fourth-order valence-electron chi connectivity index (χ4n) is 2.57. The van der Waals surface area contributed by atoms with Gasteiger partial charge in [0.1, 0.15) is 18.1 Å². The van der Waals surface area contributed by atoms with E-state index in [4.69, 9.17) is 9.47 Å². The molecule has 0 radical (unpaired) electrons. The average Bonchev–Trinajstić information content (AvgIpc) is 2.54. The lowest BCUT2D eigenvalue weighted by Crippen LogP contribution is -2.42. The highest BCUT2D eigenvalue weighted by molar-refractivity contribution is 5.97. The van der Waals surface area contributed by atoms with Gasteiger partial charge < -0.3 is 14.8 Å². The zero-order valence-corrected chi connectivity index (χ0v) is 12.6. The van der Waals surface area contributed by atoms with Crippen molar-refractivity contribution >= 4 is 5.91 Å². The zero-order chi connectivity index (χ0) is 15.5. The predicted octanol–water partition coefficient (Wildman–Crippen LogP) is 2.13. The van der Waals surface area contributed by atoms with Crippen LogP contribution in [-0.2, 0) is 6.42 Å². The number of methoxy groups -OCH3 is 1. The molecule has 1 aromatic carbocycles. The molecule has 1 aliphatic rings. The Morgan fingerprint density at radius 2 is 2.23 bits per heavy atom. The van der Waals surface area contributed by atoms with Crippen molar-refractivity contribution in [1.82, 2.24) is 10.3 Å². The van der Waals surface area contributed by atoms with Crippen molar-refractivity contribution in [1.29, 1.82) is 0 Å². The first-order valence-corrected chi connectivity index (χ1v) is 7.19. The highest BCUT2D eigenvalue weighted by atomic mass is 16.5. The molecule has 1 aromatic heterocycles. The van der Waals surface area contributed by atoms with Crippen molar-refractivity contribution in [2.24, 2.45) is 0 Å². The number of hydrogen-bond donors (Lipinski definition) is 1. The number of ether oxygens (including phenoxy) is 2. The van der Waals surface area contributed by atoms with Crippen LogP contribution >= 0.6 is 0 Å². The van der Waals surface area contributed by atoms with Crippen LogP contribution < -0.4 is 14.8 Å². The van der Waals surface area contributed by atoms with Gasteiger partial charge in [0.05, 0.1) is 24.9 Å². The Balaban J connectivity index is 1.74. The smallest absolute Gasteiger partial charge is 0.255 e. The zero-order valence-electron chi connectivity index (χ0n) is 12.6. The van der Waals surface area contributed by atoms with Crippen molar-refractivity contribution in [2.75, 3.05) is 13.7 Å². The van der Waals surface area contributed by atoms with Crippen molar-refractivity contribution in [3.8, 4) is 11.5 Å². The Labute approximate surface area is 129 Å². The van der Waals surface area contributed by atoms with Gasteiger partial charge in [0.15, 0.2) is 0 Å². The lowest BCUT2D eigenvalue weighted by atomic mass is 10.0. The summed E-state index contributed by atoms with van der Waals surface area (Å²) in [4.78, 5) is 16.6. The third kappa shape index (κ3) is 2.88. The number of para-hydroxylation sites is 1. The number of fused-ring (bicyclic) bond motifs is 1. The van der Waals surface area contributed by atoms with E-state index in [2.05, 4.69) is 10.3 Å². The maximum atomic E-state index is 12.5. The van der Waals surface area contributed by atoms with E-state index in [1.54, 1.807) is 12.3 Å². The number of carbonyl (C=O) groups is 1. The monoisotopic (exact) mass is 298 g/mol. The third-order valence-corrected chi connectivity index (χ3v) is 3.68. The minimum atomic E-state index is -0.171. The van der Waals surface area contributed by atoms with Gasteiger partial charge in [-0.2, -0.15) is 0 Å². The van der Waals surface area contributed by atoms with E-state index in [0.29, 0.717) is 17.9 Å². The molecule has 5 heteroatoms. The minimum absolute atomic E-state index is 0.0550. The van der Waals surface area contributed by atoms with Crippen LogP contribution in [0.2, 0.25) is 0 Å². The highest BCUT2D eigenvalue weighted by Crippen LogP contribution is 2.24. The van der Waals surface area contributed by atoms with Gasteiger partial charge in [-0.3, -0.25) is 9.78 Å². The van der Waals surface area contributed by atoms with Crippen LogP contribution in [0.15, 0.2) is 36.5 Å². The largest absolute Gasteiger partial charge is 0.494 e. The van der Waals surface area contributed by atoms with Gasteiger partial charge in [0, 0.05) is 5.69 Å². The Kier molecular flexibility index (Phi) is 3.96. The molecule has 1 amide bonds. The Bertz CT molecular complexity index is 700. The summed E-state index contributed by atoms with van der Waals surface area (Å²) < 4.78 is 10.9. The van der Waals surface area contributed by atoms with Crippen LogP contribution in [0.5, 0.6) is 11.5 Å². The summed E-state index contributed by atoms with van der Waals surface area (Å²) in [5.41, 5.74) is 2.38. The normalized spacial score (nSPS) is 16.4. The molecular weight excluding hydrogens is 280 g/mol. The number of rotatable bonds is 3. The summed E-state index contributed by atoms with van der Waals surface area (Å²) in [6.07, 6.45) is 2.32. The Hall–Kier alpha value is -2.56. The number of aryl methyl sites for hydroxylation is 1. The van der Waals surface area contributed by atoms with Gasteiger partial charge >= 0.3 is 0 Å². The molecule has 22 heavy (non-hydrogen) atoms. The molecule has 0 fully saturated rings. The minimum Gasteiger partial charge on any atom is -0.494 e. The first kappa shape index (κ1) is 14.4. The van der Waals surface area contributed by atoms with Crippen molar-refractivity contribution in [2.45, 2.75) is 19.4 Å². The second kappa shape index (κ2) is 6.05. The summed E-state index contributed by atoms with van der Waals surface area (Å²) in [7, 11) is 1.53. The highest BCUT2D eigenvalue weighted by Gasteiger charge is 2.23. The molecule has 0 aliphatic carbocycles. The fraction of sp³-hybridized carbons (Fsp3) is 0.294. The molecule has 2 heterocycles. The SMILES string of the molecule is COc1cnc(C)cc1C(=O)NC1COc2ccccc2C1. The number of nitrogens with one attached hydrogen (secondary N) is 1. The summed E-state index contributed by atoms with van der Waals surface area (Å²) in [5, 5.41) is 3.01. The lowest BCUT2D eigenvalue weighted by molar-refractivity contribution is 0.0912. The van der Waals surface area contributed by atoms with Crippen molar-refractivity contribution in [3.05, 3.63) is 53.3 Å². The first-order chi connectivity index (χ1) is 10.7. The van der Waals surface area contributed by atoms with Crippen LogP contribution in [0.1, 0.15) is 21.6 Å². The lowest BCUT2D eigenvalue weighted by Gasteiger charge is -2.26. The third-order valence-electron chi connectivity index (χ3n) is 3.68. The van der Waals surface area contributed by atoms with Crippen LogP contribution in [0, 0.1) is 6.92 Å². The van der Waals surface area contributed by atoms with Gasteiger partial charge in [-0.15, -0.1) is 0 Å². The fourth-order valence-corrected chi connectivity index (χ4v) is 2.57. The quantitative estimate of drug-likeness (QED) is 0.943. The number of hydrogen-bond acceptors (Lipinski definition) is 4. The Morgan fingerprint density at radius 1 is 1.41 bits per heavy atom. The van der Waals surface area contributed by atoms with Crippen molar-refractivity contribution in [3.63, 3.8) is 0 Å². The second-order valence-corrected chi connectivity index (χ2v) is 5.32. The molecule has 0 saturated carbocycles. The Morgan fingerprint density at radius 3 is 3.05 bits per heavy atom. The molecular formula is C17H18N2O3. The van der Waals surface area contributed by atoms with Gasteiger partial charge in [-0.05, 0) is 31.0 Å². The van der Waals surface area contributed by atoms with Crippen LogP contribution in [0.3, 0.4) is 0 Å². The van der Waals surface area contributed by atoms with Gasteiger partial charge in [-0.25, -0.2) is 0 Å². The molecule has 1 atom stereocenters. The van der Waals surface area contributed by atoms with Crippen molar-refractivity contribution < 1.29 is 14.3 Å². The topological polar surface area (TPSA) is 60.5 Å². The molecule has 0 spiro atoms. The summed E-state index contributed by atoms with van der Waals surface area (Å²) in [6.45, 7) is 2.31. The number of aromatic nitrogens is 1. The number of benzene rings is 1. The number of amides is 1. The molecule has 1 N–H and O–H groups in total. The molecule has 3 rings (SSSR count). The predicted molar refractivity (Wildman–Crippen MR) is 82.4 cm³/mol. The van der Waals surface area contributed by atoms with E-state index in [1.807, 2.05) is 31.2 Å². The van der Waals surface area contributed by atoms with Crippen LogP contribution in [0.4, 0.5) is 0 Å².